The first-order chi connectivity index (χ1) is 13.2. The van der Waals surface area contributed by atoms with E-state index in [2.05, 4.69) is 20.2 Å². The lowest BCUT2D eigenvalue weighted by molar-refractivity contribution is 0.0264. The smallest absolute Gasteiger partial charge is 0.226 e. The van der Waals surface area contributed by atoms with Crippen molar-refractivity contribution in [1.29, 1.82) is 0 Å². The summed E-state index contributed by atoms with van der Waals surface area (Å²) in [5.41, 5.74) is 1.62. The molecule has 0 unspecified atom stereocenters. The number of aliphatic imine (C=N–C) groups is 1. The number of hydrogen-bond donors (Lipinski definition) is 1. The lowest BCUT2D eigenvalue weighted by atomic mass is 10.1. The molecule has 1 aliphatic rings. The van der Waals surface area contributed by atoms with E-state index in [4.69, 9.17) is 9.15 Å². The van der Waals surface area contributed by atoms with Crippen LogP contribution in [0.4, 0.5) is 4.39 Å². The minimum Gasteiger partial charge on any atom is -0.444 e. The van der Waals surface area contributed by atoms with Gasteiger partial charge < -0.3 is 19.4 Å². The molecule has 0 radical (unpaired) electrons. The Morgan fingerprint density at radius 2 is 2.04 bits per heavy atom. The molecule has 154 valence electrons. The Morgan fingerprint density at radius 3 is 2.68 bits per heavy atom. The predicted molar refractivity (Wildman–Crippen MR) is 119 cm³/mol. The molecule has 1 saturated heterocycles. The van der Waals surface area contributed by atoms with Gasteiger partial charge in [0.2, 0.25) is 5.89 Å². The summed E-state index contributed by atoms with van der Waals surface area (Å²) < 4.78 is 24.2. The molecule has 8 heteroatoms. The van der Waals surface area contributed by atoms with Gasteiger partial charge in [-0.1, -0.05) is 0 Å². The van der Waals surface area contributed by atoms with Gasteiger partial charge in [-0.15, -0.1) is 24.0 Å². The number of rotatable bonds is 6. The fourth-order valence-corrected chi connectivity index (χ4v) is 3.25. The molecule has 0 spiro atoms. The minimum atomic E-state index is -0.272. The Bertz CT molecular complexity index is 743. The van der Waals surface area contributed by atoms with Gasteiger partial charge >= 0.3 is 0 Å². The van der Waals surface area contributed by atoms with Gasteiger partial charge in [0.25, 0.3) is 0 Å². The summed E-state index contributed by atoms with van der Waals surface area (Å²) in [6, 6.07) is 6.13. The molecular weight excluding hydrogens is 474 g/mol. The number of nitrogens with zero attached hydrogens (tertiary/aromatic N) is 3. The molecule has 0 amide bonds. The average molecular weight is 502 g/mol. The summed E-state index contributed by atoms with van der Waals surface area (Å²) in [6.45, 7) is 5.42. The van der Waals surface area contributed by atoms with Crippen LogP contribution in [0.15, 0.2) is 39.9 Å². The van der Waals surface area contributed by atoms with Crippen molar-refractivity contribution in [3.05, 3.63) is 42.0 Å². The quantitative estimate of drug-likeness (QED) is 0.371. The Morgan fingerprint density at radius 1 is 1.32 bits per heavy atom. The van der Waals surface area contributed by atoms with Crippen molar-refractivity contribution in [1.82, 2.24) is 15.2 Å². The molecule has 0 atom stereocenters. The Kier molecular flexibility index (Phi) is 9.17. The van der Waals surface area contributed by atoms with E-state index >= 15 is 0 Å². The van der Waals surface area contributed by atoms with E-state index in [-0.39, 0.29) is 29.8 Å². The standard InChI is InChI=1S/C20H27FN4O2.HI/c1-3-26-18-9-12-25(13-10-18)20(22-2)23-11-8-17-14-27-19(24-17)15-4-6-16(21)7-5-15;/h4-7,14,18H,3,8-13H2,1-2H3,(H,22,23);1H. The normalized spacial score (nSPS) is 15.4. The number of halogens is 2. The number of benzene rings is 1. The van der Waals surface area contributed by atoms with E-state index in [0.29, 0.717) is 18.5 Å². The third kappa shape index (κ3) is 6.16. The second kappa shape index (κ2) is 11.4. The molecule has 0 saturated carbocycles. The fraction of sp³-hybridized carbons (Fsp3) is 0.500. The molecule has 1 N–H and O–H groups in total. The van der Waals surface area contributed by atoms with E-state index in [0.717, 1.165) is 56.2 Å². The maximum atomic E-state index is 13.0. The number of nitrogens with one attached hydrogen (secondary N) is 1. The van der Waals surface area contributed by atoms with E-state index in [1.807, 2.05) is 6.92 Å². The summed E-state index contributed by atoms with van der Waals surface area (Å²) >= 11 is 0. The highest BCUT2D eigenvalue weighted by atomic mass is 127. The van der Waals surface area contributed by atoms with Gasteiger partial charge in [-0.25, -0.2) is 9.37 Å². The van der Waals surface area contributed by atoms with Crippen molar-refractivity contribution < 1.29 is 13.5 Å². The SMILES string of the molecule is CCOC1CCN(C(=NC)NCCc2coc(-c3ccc(F)cc3)n2)CC1.I. The predicted octanol–water partition coefficient (Wildman–Crippen LogP) is 3.72. The van der Waals surface area contributed by atoms with Crippen LogP contribution in [0.25, 0.3) is 11.5 Å². The van der Waals surface area contributed by atoms with Gasteiger partial charge in [0.15, 0.2) is 5.96 Å². The first-order valence-electron chi connectivity index (χ1n) is 9.47. The molecule has 6 nitrogen and oxygen atoms in total. The van der Waals surface area contributed by atoms with Crippen LogP contribution in [0.3, 0.4) is 0 Å². The molecule has 1 aromatic carbocycles. The number of hydrogen-bond acceptors (Lipinski definition) is 4. The first-order valence-corrected chi connectivity index (χ1v) is 9.47. The minimum absolute atomic E-state index is 0. The number of likely N-dealkylation sites (tertiary alicyclic amines) is 1. The van der Waals surface area contributed by atoms with Crippen LogP contribution < -0.4 is 5.32 Å². The van der Waals surface area contributed by atoms with Crippen LogP contribution in [0.2, 0.25) is 0 Å². The lowest BCUT2D eigenvalue weighted by Crippen LogP contribution is -2.47. The monoisotopic (exact) mass is 502 g/mol. The molecule has 1 aromatic heterocycles. The number of oxazole rings is 1. The van der Waals surface area contributed by atoms with Gasteiger partial charge in [-0.05, 0) is 44.0 Å². The Labute approximate surface area is 182 Å². The highest BCUT2D eigenvalue weighted by molar-refractivity contribution is 14.0. The molecule has 0 aliphatic carbocycles. The molecular formula is C20H28FIN4O2. The number of ether oxygens (including phenoxy) is 1. The van der Waals surface area contributed by atoms with Crippen molar-refractivity contribution in [2.75, 3.05) is 33.3 Å². The highest BCUT2D eigenvalue weighted by Gasteiger charge is 2.21. The maximum Gasteiger partial charge on any atom is 0.226 e. The van der Waals surface area contributed by atoms with Crippen LogP contribution in [0.5, 0.6) is 0 Å². The fourth-order valence-electron chi connectivity index (χ4n) is 3.25. The van der Waals surface area contributed by atoms with Crippen molar-refractivity contribution in [3.63, 3.8) is 0 Å². The van der Waals surface area contributed by atoms with Crippen molar-refractivity contribution in [2.24, 2.45) is 4.99 Å². The van der Waals surface area contributed by atoms with E-state index in [1.54, 1.807) is 25.4 Å². The zero-order valence-corrected chi connectivity index (χ0v) is 18.7. The van der Waals surface area contributed by atoms with Crippen molar-refractivity contribution in [3.8, 4) is 11.5 Å². The summed E-state index contributed by atoms with van der Waals surface area (Å²) in [4.78, 5) is 11.1. The molecule has 1 aliphatic heterocycles. The number of aromatic nitrogens is 1. The van der Waals surface area contributed by atoms with E-state index in [1.165, 1.54) is 12.1 Å². The topological polar surface area (TPSA) is 62.9 Å². The molecule has 0 bridgehead atoms. The zero-order chi connectivity index (χ0) is 19.1. The van der Waals surface area contributed by atoms with Crippen molar-refractivity contribution >= 4 is 29.9 Å². The first kappa shape index (κ1) is 22.6. The van der Waals surface area contributed by atoms with Crippen LogP contribution in [0.1, 0.15) is 25.5 Å². The second-order valence-corrected chi connectivity index (χ2v) is 6.52. The summed E-state index contributed by atoms with van der Waals surface area (Å²) in [5.74, 6) is 1.14. The van der Waals surface area contributed by atoms with Crippen LogP contribution in [-0.4, -0.2) is 55.2 Å². The number of piperidine rings is 1. The largest absolute Gasteiger partial charge is 0.444 e. The van der Waals surface area contributed by atoms with Gasteiger partial charge in [0.1, 0.15) is 12.1 Å². The molecule has 3 rings (SSSR count). The van der Waals surface area contributed by atoms with E-state index in [9.17, 15) is 4.39 Å². The van der Waals surface area contributed by atoms with Crippen LogP contribution in [0, 0.1) is 5.82 Å². The van der Waals surface area contributed by atoms with Crippen LogP contribution >= 0.6 is 24.0 Å². The average Bonchev–Trinajstić information content (AvgIpc) is 3.16. The molecule has 28 heavy (non-hydrogen) atoms. The van der Waals surface area contributed by atoms with Crippen LogP contribution in [-0.2, 0) is 11.2 Å². The third-order valence-electron chi connectivity index (χ3n) is 4.66. The molecule has 2 aromatic rings. The lowest BCUT2D eigenvalue weighted by Gasteiger charge is -2.34. The Balaban J connectivity index is 0.00000280. The zero-order valence-electron chi connectivity index (χ0n) is 16.4. The van der Waals surface area contributed by atoms with Crippen molar-refractivity contribution in [2.45, 2.75) is 32.3 Å². The second-order valence-electron chi connectivity index (χ2n) is 6.52. The van der Waals surface area contributed by atoms with Gasteiger partial charge in [-0.2, -0.15) is 0 Å². The highest BCUT2D eigenvalue weighted by Crippen LogP contribution is 2.19. The summed E-state index contributed by atoms with van der Waals surface area (Å²) in [7, 11) is 1.81. The van der Waals surface area contributed by atoms with E-state index < -0.39 is 0 Å². The summed E-state index contributed by atoms with van der Waals surface area (Å²) in [5, 5.41) is 3.39. The van der Waals surface area contributed by atoms with Gasteiger partial charge in [0.05, 0.1) is 11.8 Å². The third-order valence-corrected chi connectivity index (χ3v) is 4.66. The number of guanidine groups is 1. The van der Waals surface area contributed by atoms with Gasteiger partial charge in [0, 0.05) is 45.3 Å². The molecule has 2 heterocycles. The summed E-state index contributed by atoms with van der Waals surface area (Å²) in [6.07, 6.45) is 4.79. The Hall–Kier alpha value is -1.68. The maximum absolute atomic E-state index is 13.0. The molecule has 1 fully saturated rings. The van der Waals surface area contributed by atoms with Gasteiger partial charge in [-0.3, -0.25) is 4.99 Å².